The van der Waals surface area contributed by atoms with Crippen LogP contribution in [0, 0.1) is 13.8 Å². The van der Waals surface area contributed by atoms with E-state index >= 15 is 0 Å². The quantitative estimate of drug-likeness (QED) is 0.797. The van der Waals surface area contributed by atoms with E-state index in [9.17, 15) is 4.79 Å². The van der Waals surface area contributed by atoms with Crippen molar-refractivity contribution in [3.8, 4) is 0 Å². The van der Waals surface area contributed by atoms with Crippen LogP contribution in [0.3, 0.4) is 0 Å². The molecule has 1 heterocycles. The molecule has 0 bridgehead atoms. The third-order valence-corrected chi connectivity index (χ3v) is 2.53. The normalized spacial score (nSPS) is 10.2. The zero-order valence-corrected chi connectivity index (χ0v) is 10.9. The van der Waals surface area contributed by atoms with Crippen LogP contribution in [0.1, 0.15) is 21.7 Å². The highest BCUT2D eigenvalue weighted by Gasteiger charge is 2.04. The van der Waals surface area contributed by atoms with E-state index in [2.05, 4.69) is 20.8 Å². The Balaban J connectivity index is 1.73. The zero-order chi connectivity index (χ0) is 13.7. The van der Waals surface area contributed by atoms with E-state index in [0.29, 0.717) is 30.5 Å². The van der Waals surface area contributed by atoms with Gasteiger partial charge in [0, 0.05) is 18.7 Å². The van der Waals surface area contributed by atoms with E-state index < -0.39 is 0 Å². The van der Waals surface area contributed by atoms with Crippen LogP contribution in [-0.4, -0.2) is 29.1 Å². The van der Waals surface area contributed by atoms with Gasteiger partial charge in [-0.05, 0) is 26.0 Å². The lowest BCUT2D eigenvalue weighted by Crippen LogP contribution is -2.28. The molecule has 1 aromatic heterocycles. The maximum Gasteiger partial charge on any atom is 0.321 e. The Kier molecular flexibility index (Phi) is 4.12. The number of hydrogen-bond acceptors (Lipinski definition) is 5. The number of aromatic nitrogens is 2. The Morgan fingerprint density at radius 2 is 1.95 bits per heavy atom. The second-order valence-electron chi connectivity index (χ2n) is 4.20. The molecule has 0 atom stereocenters. The van der Waals surface area contributed by atoms with Gasteiger partial charge in [-0.25, -0.2) is 0 Å². The van der Waals surface area contributed by atoms with E-state index in [-0.39, 0.29) is 5.91 Å². The smallest absolute Gasteiger partial charge is 0.321 e. The Hall–Kier alpha value is -2.37. The molecule has 0 aliphatic carbocycles. The molecule has 2 aromatic rings. The Bertz CT molecular complexity index is 548. The lowest BCUT2D eigenvalue weighted by Gasteiger charge is -2.05. The summed E-state index contributed by atoms with van der Waals surface area (Å²) in [6.07, 6.45) is 0. The molecular weight excluding hydrogens is 244 g/mol. The number of anilines is 1. The highest BCUT2D eigenvalue weighted by atomic mass is 16.5. The molecule has 100 valence electrons. The van der Waals surface area contributed by atoms with Gasteiger partial charge in [-0.15, -0.1) is 0 Å². The summed E-state index contributed by atoms with van der Waals surface area (Å²) in [4.78, 5) is 15.8. The molecule has 0 aliphatic heterocycles. The van der Waals surface area contributed by atoms with E-state index in [4.69, 9.17) is 4.52 Å². The standard InChI is InChI=1S/C13H16N4O2/c1-9-3-5-11(6-4-9)12(18)14-7-8-15-13-16-10(2)17-19-13/h3-6H,7-8H2,1-2H3,(H,14,18)(H,15,16,17). The topological polar surface area (TPSA) is 80.0 Å². The number of rotatable bonds is 5. The predicted octanol–water partition coefficient (Wildman–Crippen LogP) is 1.53. The third kappa shape index (κ3) is 3.80. The van der Waals surface area contributed by atoms with Crippen LogP contribution in [0.4, 0.5) is 6.01 Å². The number of aryl methyl sites for hydroxylation is 2. The van der Waals surface area contributed by atoms with Crippen LogP contribution in [0.2, 0.25) is 0 Å². The molecule has 0 unspecified atom stereocenters. The minimum atomic E-state index is -0.0940. The maximum atomic E-state index is 11.8. The van der Waals surface area contributed by atoms with Crippen molar-refractivity contribution in [2.45, 2.75) is 13.8 Å². The summed E-state index contributed by atoms with van der Waals surface area (Å²) in [7, 11) is 0. The summed E-state index contributed by atoms with van der Waals surface area (Å²) in [5.74, 6) is 0.481. The summed E-state index contributed by atoms with van der Waals surface area (Å²) < 4.78 is 4.88. The van der Waals surface area contributed by atoms with Gasteiger partial charge in [0.05, 0.1) is 0 Å². The van der Waals surface area contributed by atoms with Crippen molar-refractivity contribution in [1.82, 2.24) is 15.5 Å². The predicted molar refractivity (Wildman–Crippen MR) is 71.0 cm³/mol. The van der Waals surface area contributed by atoms with Crippen LogP contribution in [-0.2, 0) is 0 Å². The number of carbonyl (C=O) groups excluding carboxylic acids is 1. The number of nitrogens with one attached hydrogen (secondary N) is 2. The van der Waals surface area contributed by atoms with Crippen molar-refractivity contribution in [3.63, 3.8) is 0 Å². The summed E-state index contributed by atoms with van der Waals surface area (Å²) in [6.45, 7) is 4.74. The van der Waals surface area contributed by atoms with E-state index in [0.717, 1.165) is 5.56 Å². The van der Waals surface area contributed by atoms with Gasteiger partial charge in [-0.1, -0.05) is 22.9 Å². The summed E-state index contributed by atoms with van der Waals surface area (Å²) in [5, 5.41) is 9.38. The van der Waals surface area contributed by atoms with Gasteiger partial charge in [0.1, 0.15) is 0 Å². The Labute approximate surface area is 111 Å². The largest absolute Gasteiger partial charge is 0.350 e. The van der Waals surface area contributed by atoms with Crippen molar-refractivity contribution in [1.29, 1.82) is 0 Å². The van der Waals surface area contributed by atoms with Crippen molar-refractivity contribution >= 4 is 11.9 Å². The zero-order valence-electron chi connectivity index (χ0n) is 10.9. The second kappa shape index (κ2) is 5.99. The molecule has 19 heavy (non-hydrogen) atoms. The van der Waals surface area contributed by atoms with Gasteiger partial charge < -0.3 is 15.2 Å². The first-order chi connectivity index (χ1) is 9.15. The van der Waals surface area contributed by atoms with E-state index in [1.54, 1.807) is 19.1 Å². The molecule has 1 aromatic carbocycles. The average molecular weight is 260 g/mol. The van der Waals surface area contributed by atoms with Crippen LogP contribution < -0.4 is 10.6 Å². The summed E-state index contributed by atoms with van der Waals surface area (Å²) in [6, 6.07) is 7.80. The average Bonchev–Trinajstić information content (AvgIpc) is 2.81. The highest BCUT2D eigenvalue weighted by Crippen LogP contribution is 2.03. The van der Waals surface area contributed by atoms with Crippen molar-refractivity contribution in [2.75, 3.05) is 18.4 Å². The second-order valence-corrected chi connectivity index (χ2v) is 4.20. The van der Waals surface area contributed by atoms with Crippen LogP contribution in [0.5, 0.6) is 0 Å². The Morgan fingerprint density at radius 3 is 2.58 bits per heavy atom. The lowest BCUT2D eigenvalue weighted by molar-refractivity contribution is 0.0955. The van der Waals surface area contributed by atoms with Crippen molar-refractivity contribution < 1.29 is 9.32 Å². The molecule has 0 saturated heterocycles. The first-order valence-electron chi connectivity index (χ1n) is 6.04. The maximum absolute atomic E-state index is 11.8. The first-order valence-corrected chi connectivity index (χ1v) is 6.04. The first kappa shape index (κ1) is 13.1. The van der Waals surface area contributed by atoms with Gasteiger partial charge in [0.2, 0.25) is 0 Å². The van der Waals surface area contributed by atoms with Gasteiger partial charge in [0.25, 0.3) is 5.91 Å². The molecule has 6 heteroatoms. The molecule has 0 spiro atoms. The molecule has 2 N–H and O–H groups in total. The highest BCUT2D eigenvalue weighted by molar-refractivity contribution is 5.94. The van der Waals surface area contributed by atoms with E-state index in [1.165, 1.54) is 0 Å². The monoisotopic (exact) mass is 260 g/mol. The van der Waals surface area contributed by atoms with Crippen LogP contribution in [0.25, 0.3) is 0 Å². The third-order valence-electron chi connectivity index (χ3n) is 2.53. The minimum Gasteiger partial charge on any atom is -0.350 e. The summed E-state index contributed by atoms with van der Waals surface area (Å²) >= 11 is 0. The molecule has 0 fully saturated rings. The SMILES string of the molecule is Cc1ccc(C(=O)NCCNc2nc(C)no2)cc1. The fourth-order valence-corrected chi connectivity index (χ4v) is 1.52. The van der Waals surface area contributed by atoms with Crippen LogP contribution >= 0.6 is 0 Å². The molecule has 1 amide bonds. The molecule has 0 radical (unpaired) electrons. The van der Waals surface area contributed by atoms with Gasteiger partial charge in [0.15, 0.2) is 5.82 Å². The van der Waals surface area contributed by atoms with Crippen molar-refractivity contribution in [2.24, 2.45) is 0 Å². The molecular formula is C13H16N4O2. The van der Waals surface area contributed by atoms with Gasteiger partial charge >= 0.3 is 6.01 Å². The van der Waals surface area contributed by atoms with Crippen molar-refractivity contribution in [3.05, 3.63) is 41.2 Å². The van der Waals surface area contributed by atoms with Crippen LogP contribution in [0.15, 0.2) is 28.8 Å². The number of carbonyl (C=O) groups is 1. The number of benzene rings is 1. The lowest BCUT2D eigenvalue weighted by atomic mass is 10.1. The van der Waals surface area contributed by atoms with E-state index in [1.807, 2.05) is 19.1 Å². The molecule has 2 rings (SSSR count). The Morgan fingerprint density at radius 1 is 1.21 bits per heavy atom. The fraction of sp³-hybridized carbons (Fsp3) is 0.308. The fourth-order valence-electron chi connectivity index (χ4n) is 1.52. The molecule has 0 aliphatic rings. The molecule has 6 nitrogen and oxygen atoms in total. The molecule has 0 saturated carbocycles. The van der Waals surface area contributed by atoms with Gasteiger partial charge in [-0.2, -0.15) is 4.98 Å². The minimum absolute atomic E-state index is 0.0940. The van der Waals surface area contributed by atoms with Gasteiger partial charge in [-0.3, -0.25) is 4.79 Å². The number of hydrogen-bond donors (Lipinski definition) is 2. The summed E-state index contributed by atoms with van der Waals surface area (Å²) in [5.41, 5.74) is 1.78. The number of nitrogens with zero attached hydrogens (tertiary/aromatic N) is 2. The number of amides is 1.